The van der Waals surface area contributed by atoms with Gasteiger partial charge in [-0.15, -0.1) is 0 Å². The van der Waals surface area contributed by atoms with Crippen LogP contribution < -0.4 is 5.32 Å². The van der Waals surface area contributed by atoms with Gasteiger partial charge in [-0.1, -0.05) is 50.1 Å². The van der Waals surface area contributed by atoms with Crippen LogP contribution >= 0.6 is 0 Å². The summed E-state index contributed by atoms with van der Waals surface area (Å²) >= 11 is 0. The van der Waals surface area contributed by atoms with Gasteiger partial charge < -0.3 is 10.1 Å². The first-order valence-corrected chi connectivity index (χ1v) is 8.77. The summed E-state index contributed by atoms with van der Waals surface area (Å²) in [5.74, 6) is 0. The van der Waals surface area contributed by atoms with Gasteiger partial charge in [0, 0.05) is 6.04 Å². The van der Waals surface area contributed by atoms with Gasteiger partial charge >= 0.3 is 0 Å². The third kappa shape index (κ3) is 3.67. The number of rotatable bonds is 6. The standard InChI is InChI=1S/C19H29NO/c1-2-20-18(16-8-4-3-5-9-16)11-10-17-12-15-19(21-17)13-6-7-14-19/h3-5,8-9,17-18,20H,2,6-7,10-15H2,1H3. The van der Waals surface area contributed by atoms with Crippen molar-refractivity contribution in [2.24, 2.45) is 0 Å². The molecule has 2 aliphatic rings. The van der Waals surface area contributed by atoms with E-state index in [-0.39, 0.29) is 5.60 Å². The molecule has 0 bridgehead atoms. The number of ether oxygens (including phenoxy) is 1. The molecule has 1 saturated heterocycles. The van der Waals surface area contributed by atoms with Crippen molar-refractivity contribution in [1.29, 1.82) is 0 Å². The predicted octanol–water partition coefficient (Wildman–Crippen LogP) is 4.61. The van der Waals surface area contributed by atoms with Gasteiger partial charge in [-0.3, -0.25) is 0 Å². The first-order chi connectivity index (χ1) is 10.3. The molecule has 2 fully saturated rings. The maximum atomic E-state index is 6.45. The van der Waals surface area contributed by atoms with Gasteiger partial charge in [-0.2, -0.15) is 0 Å². The third-order valence-corrected chi connectivity index (χ3v) is 5.28. The molecule has 2 heteroatoms. The van der Waals surface area contributed by atoms with E-state index in [1.165, 1.54) is 56.9 Å². The highest BCUT2D eigenvalue weighted by Gasteiger charge is 2.41. The van der Waals surface area contributed by atoms with Gasteiger partial charge in [0.25, 0.3) is 0 Å². The molecule has 1 N–H and O–H groups in total. The van der Waals surface area contributed by atoms with Crippen LogP contribution in [0.25, 0.3) is 0 Å². The molecule has 1 aromatic carbocycles. The van der Waals surface area contributed by atoms with Crippen LogP contribution in [0.3, 0.4) is 0 Å². The number of benzene rings is 1. The van der Waals surface area contributed by atoms with Gasteiger partial charge in [-0.25, -0.2) is 0 Å². The Morgan fingerprint density at radius 1 is 1.19 bits per heavy atom. The molecule has 1 aromatic rings. The Bertz CT molecular complexity index is 424. The first-order valence-electron chi connectivity index (χ1n) is 8.77. The Balaban J connectivity index is 1.53. The van der Waals surface area contributed by atoms with Crippen molar-refractivity contribution in [3.05, 3.63) is 35.9 Å². The van der Waals surface area contributed by atoms with E-state index in [0.29, 0.717) is 12.1 Å². The summed E-state index contributed by atoms with van der Waals surface area (Å²) in [6.45, 7) is 3.21. The molecular weight excluding hydrogens is 258 g/mol. The fourth-order valence-corrected chi connectivity index (χ4v) is 4.16. The predicted molar refractivity (Wildman–Crippen MR) is 87.4 cm³/mol. The van der Waals surface area contributed by atoms with E-state index in [9.17, 15) is 0 Å². The van der Waals surface area contributed by atoms with Crippen molar-refractivity contribution in [2.45, 2.75) is 76.0 Å². The number of hydrogen-bond acceptors (Lipinski definition) is 2. The topological polar surface area (TPSA) is 21.3 Å². The van der Waals surface area contributed by atoms with E-state index in [1.807, 2.05) is 0 Å². The van der Waals surface area contributed by atoms with E-state index >= 15 is 0 Å². The summed E-state index contributed by atoms with van der Waals surface area (Å²) in [7, 11) is 0. The van der Waals surface area contributed by atoms with E-state index < -0.39 is 0 Å². The molecule has 116 valence electrons. The third-order valence-electron chi connectivity index (χ3n) is 5.28. The van der Waals surface area contributed by atoms with Gasteiger partial charge in [-0.05, 0) is 50.6 Å². The van der Waals surface area contributed by atoms with Crippen LogP contribution in [-0.2, 0) is 4.74 Å². The van der Waals surface area contributed by atoms with Crippen LogP contribution in [0.4, 0.5) is 0 Å². The fraction of sp³-hybridized carbons (Fsp3) is 0.684. The molecule has 2 atom stereocenters. The molecule has 21 heavy (non-hydrogen) atoms. The van der Waals surface area contributed by atoms with Crippen molar-refractivity contribution < 1.29 is 4.74 Å². The summed E-state index contributed by atoms with van der Waals surface area (Å²) in [5, 5.41) is 3.63. The number of hydrogen-bond donors (Lipinski definition) is 1. The van der Waals surface area contributed by atoms with Crippen LogP contribution in [0, 0.1) is 0 Å². The minimum atomic E-state index is 0.283. The van der Waals surface area contributed by atoms with Crippen LogP contribution in [0.15, 0.2) is 30.3 Å². The molecule has 3 rings (SSSR count). The molecule has 0 radical (unpaired) electrons. The largest absolute Gasteiger partial charge is 0.372 e. The van der Waals surface area contributed by atoms with Crippen LogP contribution in [0.2, 0.25) is 0 Å². The molecular formula is C19H29NO. The lowest BCUT2D eigenvalue weighted by Crippen LogP contribution is -2.26. The molecule has 1 spiro atoms. The van der Waals surface area contributed by atoms with E-state index in [1.54, 1.807) is 0 Å². The lowest BCUT2D eigenvalue weighted by atomic mass is 9.96. The first kappa shape index (κ1) is 15.1. The highest BCUT2D eigenvalue weighted by molar-refractivity contribution is 5.18. The van der Waals surface area contributed by atoms with Gasteiger partial charge in [0.15, 0.2) is 0 Å². The van der Waals surface area contributed by atoms with E-state index in [2.05, 4.69) is 42.6 Å². The summed E-state index contributed by atoms with van der Waals surface area (Å²) in [6, 6.07) is 11.3. The van der Waals surface area contributed by atoms with Crippen molar-refractivity contribution in [2.75, 3.05) is 6.54 Å². The lowest BCUT2D eigenvalue weighted by Gasteiger charge is -2.25. The van der Waals surface area contributed by atoms with Crippen molar-refractivity contribution >= 4 is 0 Å². The van der Waals surface area contributed by atoms with Crippen LogP contribution in [0.1, 0.15) is 69.9 Å². The molecule has 1 heterocycles. The highest BCUT2D eigenvalue weighted by Crippen LogP contribution is 2.44. The molecule has 2 nitrogen and oxygen atoms in total. The summed E-state index contributed by atoms with van der Waals surface area (Å²) < 4.78 is 6.45. The second-order valence-corrected chi connectivity index (χ2v) is 6.77. The molecule has 1 saturated carbocycles. The minimum absolute atomic E-state index is 0.283. The average Bonchev–Trinajstić information content (AvgIpc) is 3.15. The second kappa shape index (κ2) is 6.93. The zero-order valence-corrected chi connectivity index (χ0v) is 13.3. The monoisotopic (exact) mass is 287 g/mol. The SMILES string of the molecule is CCNC(CCC1CCC2(CCCC2)O1)c1ccccc1. The Morgan fingerprint density at radius 3 is 2.67 bits per heavy atom. The fourth-order valence-electron chi connectivity index (χ4n) is 4.16. The second-order valence-electron chi connectivity index (χ2n) is 6.77. The molecule has 1 aliphatic carbocycles. The lowest BCUT2D eigenvalue weighted by molar-refractivity contribution is -0.0401. The number of nitrogens with one attached hydrogen (secondary N) is 1. The molecule has 0 aromatic heterocycles. The van der Waals surface area contributed by atoms with E-state index in [4.69, 9.17) is 4.74 Å². The maximum Gasteiger partial charge on any atom is 0.0687 e. The Hall–Kier alpha value is -0.860. The maximum absolute atomic E-state index is 6.45. The highest BCUT2D eigenvalue weighted by atomic mass is 16.5. The molecule has 0 amide bonds. The molecule has 2 unspecified atom stereocenters. The van der Waals surface area contributed by atoms with Crippen molar-refractivity contribution in [1.82, 2.24) is 5.32 Å². The summed E-state index contributed by atoms with van der Waals surface area (Å²) in [5.41, 5.74) is 1.69. The van der Waals surface area contributed by atoms with Gasteiger partial charge in [0.1, 0.15) is 0 Å². The average molecular weight is 287 g/mol. The summed E-state index contributed by atoms with van der Waals surface area (Å²) in [4.78, 5) is 0. The Morgan fingerprint density at radius 2 is 1.95 bits per heavy atom. The zero-order valence-electron chi connectivity index (χ0n) is 13.3. The Kier molecular flexibility index (Phi) is 4.97. The van der Waals surface area contributed by atoms with Gasteiger partial charge in [0.05, 0.1) is 11.7 Å². The van der Waals surface area contributed by atoms with Crippen LogP contribution in [0.5, 0.6) is 0 Å². The van der Waals surface area contributed by atoms with Crippen molar-refractivity contribution in [3.63, 3.8) is 0 Å². The Labute approximate surface area is 129 Å². The van der Waals surface area contributed by atoms with Crippen molar-refractivity contribution in [3.8, 4) is 0 Å². The normalized spacial score (nSPS) is 25.5. The smallest absolute Gasteiger partial charge is 0.0687 e. The minimum Gasteiger partial charge on any atom is -0.372 e. The van der Waals surface area contributed by atoms with E-state index in [0.717, 1.165) is 6.54 Å². The quantitative estimate of drug-likeness (QED) is 0.825. The summed E-state index contributed by atoms with van der Waals surface area (Å²) in [6.07, 6.45) is 10.8. The molecule has 1 aliphatic heterocycles. The zero-order chi connectivity index (χ0) is 14.5. The van der Waals surface area contributed by atoms with Gasteiger partial charge in [0.2, 0.25) is 0 Å². The van der Waals surface area contributed by atoms with Crippen LogP contribution in [-0.4, -0.2) is 18.2 Å².